The summed E-state index contributed by atoms with van der Waals surface area (Å²) in [5, 5.41) is 8.53. The van der Waals surface area contributed by atoms with Gasteiger partial charge in [-0.15, -0.1) is 0 Å². The van der Waals surface area contributed by atoms with Gasteiger partial charge in [-0.25, -0.2) is 0 Å². The maximum Gasteiger partial charge on any atom is 0.179 e. The van der Waals surface area contributed by atoms with Crippen molar-refractivity contribution in [2.75, 3.05) is 0 Å². The fourth-order valence-corrected chi connectivity index (χ4v) is 12.1. The Bertz CT molecular complexity index is 2150. The van der Waals surface area contributed by atoms with Crippen LogP contribution in [0.4, 0.5) is 0 Å². The zero-order valence-electron chi connectivity index (χ0n) is 24.6. The second-order valence-corrected chi connectivity index (χ2v) is 15.7. The predicted octanol–water partition coefficient (Wildman–Crippen LogP) is 8.48. The summed E-state index contributed by atoms with van der Waals surface area (Å²) >= 11 is 6.87. The monoisotopic (exact) mass is 611 g/mol. The van der Waals surface area contributed by atoms with Crippen molar-refractivity contribution in [1.82, 2.24) is 4.57 Å². The number of rotatable bonds is 6. The first-order valence-electron chi connectivity index (χ1n) is 15.3. The van der Waals surface area contributed by atoms with Crippen molar-refractivity contribution in [2.24, 2.45) is 0 Å². The zero-order valence-corrected chi connectivity index (χ0v) is 26.4. The lowest BCUT2D eigenvalue weighted by Crippen LogP contribution is -2.74. The summed E-state index contributed by atoms with van der Waals surface area (Å²) in [6.45, 7) is 0. The quantitative estimate of drug-likeness (QED) is 0.131. The standard InChI is InChI=1S/C42H30ClNSi/c43-32-29-39(42-40(30-32)38-23-13-14-24-41(38)44(42)33-15-5-1-6-16-33)31-25-27-37(28-26-31)45(34-17-7-2-8-18-34,35-19-9-3-10-20-35)36-21-11-4-12-22-36/h1-30H. The molecule has 0 saturated carbocycles. The summed E-state index contributed by atoms with van der Waals surface area (Å²) in [7, 11) is -2.61. The van der Waals surface area contributed by atoms with Crippen molar-refractivity contribution in [3.63, 3.8) is 0 Å². The number of hydrogen-bond acceptors (Lipinski definition) is 0. The minimum absolute atomic E-state index is 0.735. The molecule has 0 fully saturated rings. The highest BCUT2D eigenvalue weighted by atomic mass is 35.5. The molecule has 3 heteroatoms. The second-order valence-electron chi connectivity index (χ2n) is 11.5. The smallest absolute Gasteiger partial charge is 0.179 e. The van der Waals surface area contributed by atoms with E-state index in [2.05, 4.69) is 187 Å². The average Bonchev–Trinajstić information content (AvgIpc) is 3.44. The van der Waals surface area contributed by atoms with Gasteiger partial charge in [-0.3, -0.25) is 0 Å². The van der Waals surface area contributed by atoms with Gasteiger partial charge < -0.3 is 4.57 Å². The van der Waals surface area contributed by atoms with E-state index in [9.17, 15) is 0 Å². The third kappa shape index (κ3) is 4.53. The molecule has 0 bridgehead atoms. The molecule has 0 aliphatic heterocycles. The lowest BCUT2D eigenvalue weighted by molar-refractivity contribution is 1.18. The van der Waals surface area contributed by atoms with Crippen molar-refractivity contribution < 1.29 is 0 Å². The van der Waals surface area contributed by atoms with Gasteiger partial charge >= 0.3 is 0 Å². The van der Waals surface area contributed by atoms with E-state index in [0.29, 0.717) is 0 Å². The zero-order chi connectivity index (χ0) is 30.2. The highest BCUT2D eigenvalue weighted by Crippen LogP contribution is 2.40. The molecule has 214 valence electrons. The van der Waals surface area contributed by atoms with Gasteiger partial charge in [0, 0.05) is 27.0 Å². The molecule has 1 aromatic heterocycles. The minimum atomic E-state index is -2.61. The molecular formula is C42H30ClNSi. The molecule has 1 heterocycles. The first kappa shape index (κ1) is 27.4. The Hall–Kier alpha value is -5.15. The fourth-order valence-electron chi connectivity index (χ4n) is 7.09. The molecule has 0 N–H and O–H groups in total. The Kier molecular flexibility index (Phi) is 6.94. The van der Waals surface area contributed by atoms with Crippen molar-refractivity contribution in [3.8, 4) is 16.8 Å². The van der Waals surface area contributed by atoms with Gasteiger partial charge in [0.15, 0.2) is 8.07 Å². The van der Waals surface area contributed by atoms with Crippen LogP contribution in [0.1, 0.15) is 0 Å². The number of para-hydroxylation sites is 2. The maximum absolute atomic E-state index is 6.87. The molecule has 0 unspecified atom stereocenters. The molecule has 0 radical (unpaired) electrons. The van der Waals surface area contributed by atoms with Crippen LogP contribution < -0.4 is 20.7 Å². The summed E-state index contributed by atoms with van der Waals surface area (Å²) in [6.07, 6.45) is 0. The van der Waals surface area contributed by atoms with E-state index < -0.39 is 8.07 Å². The van der Waals surface area contributed by atoms with Crippen LogP contribution in [0.25, 0.3) is 38.6 Å². The molecule has 0 atom stereocenters. The molecule has 7 aromatic carbocycles. The number of benzene rings is 7. The second kappa shape index (κ2) is 11.4. The van der Waals surface area contributed by atoms with Gasteiger partial charge in [-0.2, -0.15) is 0 Å². The molecule has 8 aromatic rings. The van der Waals surface area contributed by atoms with Gasteiger partial charge in [0.05, 0.1) is 11.0 Å². The molecular weight excluding hydrogens is 582 g/mol. The number of nitrogens with zero attached hydrogens (tertiary/aromatic N) is 1. The van der Waals surface area contributed by atoms with E-state index >= 15 is 0 Å². The summed E-state index contributed by atoms with van der Waals surface area (Å²) in [5.74, 6) is 0. The molecule has 0 amide bonds. The van der Waals surface area contributed by atoms with Crippen LogP contribution in [-0.4, -0.2) is 12.6 Å². The molecule has 0 aliphatic rings. The molecule has 0 saturated heterocycles. The predicted molar refractivity (Wildman–Crippen MR) is 195 cm³/mol. The third-order valence-electron chi connectivity index (χ3n) is 9.00. The maximum atomic E-state index is 6.87. The van der Waals surface area contributed by atoms with Crippen molar-refractivity contribution in [3.05, 3.63) is 187 Å². The Morgan fingerprint density at radius 1 is 0.422 bits per heavy atom. The van der Waals surface area contributed by atoms with Crippen LogP contribution in [-0.2, 0) is 0 Å². The summed E-state index contributed by atoms with van der Waals surface area (Å²) < 4.78 is 2.38. The number of halogens is 1. The van der Waals surface area contributed by atoms with Crippen molar-refractivity contribution in [1.29, 1.82) is 0 Å². The Morgan fingerprint density at radius 2 is 0.889 bits per heavy atom. The summed E-state index contributed by atoms with van der Waals surface area (Å²) in [4.78, 5) is 0. The number of aromatic nitrogens is 1. The van der Waals surface area contributed by atoms with E-state index in [-0.39, 0.29) is 0 Å². The Labute approximate surface area is 269 Å². The van der Waals surface area contributed by atoms with E-state index in [0.717, 1.165) is 32.7 Å². The third-order valence-corrected chi connectivity index (χ3v) is 14.0. The van der Waals surface area contributed by atoms with E-state index in [1.807, 2.05) is 0 Å². The van der Waals surface area contributed by atoms with Crippen molar-refractivity contribution >= 4 is 62.2 Å². The highest BCUT2D eigenvalue weighted by Gasteiger charge is 2.41. The van der Waals surface area contributed by atoms with Crippen molar-refractivity contribution in [2.45, 2.75) is 0 Å². The summed E-state index contributed by atoms with van der Waals surface area (Å²) in [5.41, 5.74) is 5.73. The van der Waals surface area contributed by atoms with Gasteiger partial charge in [-0.05, 0) is 56.6 Å². The van der Waals surface area contributed by atoms with Gasteiger partial charge in [0.1, 0.15) is 0 Å². The van der Waals surface area contributed by atoms with E-state index in [1.54, 1.807) is 0 Å². The Balaban J connectivity index is 1.39. The topological polar surface area (TPSA) is 4.93 Å². The minimum Gasteiger partial charge on any atom is -0.309 e. The highest BCUT2D eigenvalue weighted by molar-refractivity contribution is 7.19. The molecule has 45 heavy (non-hydrogen) atoms. The normalized spacial score (nSPS) is 11.7. The fraction of sp³-hybridized carbons (Fsp3) is 0. The summed E-state index contributed by atoms with van der Waals surface area (Å²) in [6, 6.07) is 65.9. The largest absolute Gasteiger partial charge is 0.309 e. The van der Waals surface area contributed by atoms with Crippen LogP contribution in [0.15, 0.2) is 182 Å². The Morgan fingerprint density at radius 3 is 1.44 bits per heavy atom. The van der Waals surface area contributed by atoms with Gasteiger partial charge in [-0.1, -0.05) is 163 Å². The van der Waals surface area contributed by atoms with Gasteiger partial charge in [0.2, 0.25) is 0 Å². The molecule has 8 rings (SSSR count). The lowest BCUT2D eigenvalue weighted by atomic mass is 10.0. The van der Waals surface area contributed by atoms with Crippen LogP contribution in [0.2, 0.25) is 5.02 Å². The SMILES string of the molecule is Clc1cc(-c2ccc([Si](c3ccccc3)(c3ccccc3)c3ccccc3)cc2)c2c(c1)c1ccccc1n2-c1ccccc1. The lowest BCUT2D eigenvalue weighted by Gasteiger charge is -2.34. The number of hydrogen-bond donors (Lipinski definition) is 0. The first-order chi connectivity index (χ1) is 22.2. The van der Waals surface area contributed by atoms with E-state index in [1.165, 1.54) is 31.6 Å². The molecule has 1 nitrogen and oxygen atoms in total. The van der Waals surface area contributed by atoms with Crippen LogP contribution in [0, 0.1) is 0 Å². The van der Waals surface area contributed by atoms with Crippen LogP contribution in [0.3, 0.4) is 0 Å². The molecule has 0 spiro atoms. The van der Waals surface area contributed by atoms with Crippen LogP contribution in [0.5, 0.6) is 0 Å². The number of fused-ring (bicyclic) bond motifs is 3. The van der Waals surface area contributed by atoms with Crippen LogP contribution >= 0.6 is 11.6 Å². The van der Waals surface area contributed by atoms with E-state index in [4.69, 9.17) is 11.6 Å². The average molecular weight is 612 g/mol. The molecule has 0 aliphatic carbocycles. The van der Waals surface area contributed by atoms with Gasteiger partial charge in [0.25, 0.3) is 0 Å². The first-order valence-corrected chi connectivity index (χ1v) is 17.7.